The lowest BCUT2D eigenvalue weighted by Crippen LogP contribution is -2.42. The number of likely N-dealkylation sites (tertiary alicyclic amines) is 1. The van der Waals surface area contributed by atoms with Gasteiger partial charge in [-0.05, 0) is 31.5 Å². The van der Waals surface area contributed by atoms with E-state index in [1.165, 1.54) is 4.31 Å². The second-order valence-corrected chi connectivity index (χ2v) is 9.36. The number of carbonyl (C=O) groups is 1. The first kappa shape index (κ1) is 19.1. The molecular weight excluding hydrogens is 356 g/mol. The minimum Gasteiger partial charge on any atom is -0.494 e. The van der Waals surface area contributed by atoms with E-state index in [-0.39, 0.29) is 18.2 Å². The number of sulfonamides is 1. The van der Waals surface area contributed by atoms with Crippen LogP contribution in [-0.4, -0.2) is 67.2 Å². The van der Waals surface area contributed by atoms with Crippen LogP contribution < -0.4 is 4.74 Å². The Labute approximate surface area is 154 Å². The van der Waals surface area contributed by atoms with Gasteiger partial charge in [0.15, 0.2) is 0 Å². The van der Waals surface area contributed by atoms with Crippen LogP contribution in [0.2, 0.25) is 0 Å². The molecule has 2 atom stereocenters. The first-order valence-electron chi connectivity index (χ1n) is 8.96. The van der Waals surface area contributed by atoms with Crippen LogP contribution >= 0.6 is 0 Å². The number of hydrogen-bond acceptors (Lipinski definition) is 5. The molecule has 0 radical (unpaired) electrons. The zero-order valence-corrected chi connectivity index (χ0v) is 16.0. The van der Waals surface area contributed by atoms with Crippen LogP contribution in [0.4, 0.5) is 0 Å². The zero-order valence-electron chi connectivity index (χ0n) is 15.2. The molecular formula is C18H26N2O5S. The van der Waals surface area contributed by atoms with Crippen LogP contribution in [0.5, 0.6) is 5.75 Å². The normalized spacial score (nSPS) is 26.8. The number of nitrogens with zero attached hydrogens (tertiary/aromatic N) is 2. The highest BCUT2D eigenvalue weighted by atomic mass is 32.2. The summed E-state index contributed by atoms with van der Waals surface area (Å²) in [5.74, 6) is -0.253. The summed E-state index contributed by atoms with van der Waals surface area (Å²) < 4.78 is 31.1. The van der Waals surface area contributed by atoms with Gasteiger partial charge in [-0.1, -0.05) is 12.1 Å². The maximum absolute atomic E-state index is 12.2. The topological polar surface area (TPSA) is 87.2 Å². The summed E-state index contributed by atoms with van der Waals surface area (Å²) in [4.78, 5) is 14.1. The van der Waals surface area contributed by atoms with Gasteiger partial charge in [-0.15, -0.1) is 0 Å². The Morgan fingerprint density at radius 1 is 1.23 bits per heavy atom. The summed E-state index contributed by atoms with van der Waals surface area (Å²) in [5.41, 5.74) is 0.0834. The average molecular weight is 382 g/mol. The van der Waals surface area contributed by atoms with Gasteiger partial charge in [-0.2, -0.15) is 0 Å². The minimum atomic E-state index is -3.36. The van der Waals surface area contributed by atoms with E-state index in [2.05, 4.69) is 4.90 Å². The summed E-state index contributed by atoms with van der Waals surface area (Å²) in [7, 11) is -3.36. The Bertz CT molecular complexity index is 764. The van der Waals surface area contributed by atoms with E-state index in [4.69, 9.17) is 4.74 Å². The van der Waals surface area contributed by atoms with Gasteiger partial charge in [0, 0.05) is 38.6 Å². The number of fused-ring (bicyclic) bond motifs is 1. The molecule has 26 heavy (non-hydrogen) atoms. The summed E-state index contributed by atoms with van der Waals surface area (Å²) >= 11 is 0. The molecule has 1 unspecified atom stereocenters. The van der Waals surface area contributed by atoms with Crippen LogP contribution in [-0.2, 0) is 21.4 Å². The van der Waals surface area contributed by atoms with Gasteiger partial charge >= 0.3 is 5.97 Å². The quantitative estimate of drug-likeness (QED) is 0.764. The predicted molar refractivity (Wildman–Crippen MR) is 97.5 cm³/mol. The number of carboxylic acid groups (broad SMARTS) is 1. The van der Waals surface area contributed by atoms with E-state index in [1.54, 1.807) is 6.92 Å². The van der Waals surface area contributed by atoms with Crippen molar-refractivity contribution in [2.75, 3.05) is 38.5 Å². The highest BCUT2D eigenvalue weighted by Gasteiger charge is 2.59. The highest BCUT2D eigenvalue weighted by molar-refractivity contribution is 7.89. The van der Waals surface area contributed by atoms with Gasteiger partial charge in [-0.3, -0.25) is 9.69 Å². The lowest BCUT2D eigenvalue weighted by molar-refractivity contribution is -0.148. The van der Waals surface area contributed by atoms with E-state index < -0.39 is 21.4 Å². The molecule has 2 fully saturated rings. The molecule has 7 nitrogen and oxygen atoms in total. The van der Waals surface area contributed by atoms with Crippen molar-refractivity contribution < 1.29 is 23.1 Å². The second kappa shape index (κ2) is 7.17. The Kier molecular flexibility index (Phi) is 5.28. The zero-order chi connectivity index (χ0) is 18.9. The largest absolute Gasteiger partial charge is 0.494 e. The summed E-state index contributed by atoms with van der Waals surface area (Å²) in [5, 5.41) is 9.85. The first-order chi connectivity index (χ1) is 12.3. The van der Waals surface area contributed by atoms with Crippen molar-refractivity contribution in [3.05, 3.63) is 29.8 Å². The van der Waals surface area contributed by atoms with Crippen LogP contribution in [0.15, 0.2) is 24.3 Å². The third-order valence-corrected chi connectivity index (χ3v) is 7.27. The molecule has 2 aliphatic rings. The van der Waals surface area contributed by atoms with Gasteiger partial charge in [-0.25, -0.2) is 12.7 Å². The molecule has 8 heteroatoms. The molecule has 3 rings (SSSR count). The van der Waals surface area contributed by atoms with Crippen molar-refractivity contribution in [3.8, 4) is 5.75 Å². The third-order valence-electron chi connectivity index (χ3n) is 5.47. The molecule has 2 saturated heterocycles. The van der Waals surface area contributed by atoms with E-state index >= 15 is 0 Å². The average Bonchev–Trinajstić information content (AvgIpc) is 3.12. The first-order valence-corrected chi connectivity index (χ1v) is 10.6. The van der Waals surface area contributed by atoms with Crippen LogP contribution in [0.3, 0.4) is 0 Å². The minimum absolute atomic E-state index is 0.00527. The van der Waals surface area contributed by atoms with Crippen LogP contribution in [0.25, 0.3) is 0 Å². The van der Waals surface area contributed by atoms with Crippen LogP contribution in [0, 0.1) is 11.3 Å². The fourth-order valence-electron chi connectivity index (χ4n) is 4.06. The van der Waals surface area contributed by atoms with E-state index in [0.29, 0.717) is 32.8 Å². The Morgan fingerprint density at radius 2 is 1.92 bits per heavy atom. The molecule has 1 N–H and O–H groups in total. The molecule has 144 valence electrons. The number of benzene rings is 1. The lowest BCUT2D eigenvalue weighted by atomic mass is 9.81. The van der Waals surface area contributed by atoms with E-state index in [0.717, 1.165) is 11.3 Å². The molecule has 1 aromatic rings. The van der Waals surface area contributed by atoms with Crippen molar-refractivity contribution >= 4 is 16.0 Å². The standard InChI is InChI=1S/C18H26N2O5S/c1-3-25-16-7-5-14(6-8-16)9-19-10-15-11-20(26(23,24)4-2)13-18(15,12-19)17(21)22/h5-8,15H,3-4,9-13H2,1-2H3,(H,21,22)/t15?,18-/m0/s1. The molecule has 0 bridgehead atoms. The van der Waals surface area contributed by atoms with Gasteiger partial charge in [0.25, 0.3) is 0 Å². The molecule has 2 heterocycles. The number of rotatable bonds is 7. The van der Waals surface area contributed by atoms with Crippen molar-refractivity contribution in [2.45, 2.75) is 20.4 Å². The number of aliphatic carboxylic acids is 1. The molecule has 0 spiro atoms. The fraction of sp³-hybridized carbons (Fsp3) is 0.611. The summed E-state index contributed by atoms with van der Waals surface area (Å²) in [6.07, 6.45) is 0. The highest BCUT2D eigenvalue weighted by Crippen LogP contribution is 2.44. The van der Waals surface area contributed by atoms with Crippen LogP contribution in [0.1, 0.15) is 19.4 Å². The Hall–Kier alpha value is -1.64. The molecule has 0 aliphatic carbocycles. The number of carboxylic acids is 1. The van der Waals surface area contributed by atoms with Gasteiger partial charge in [0.2, 0.25) is 10.0 Å². The van der Waals surface area contributed by atoms with Crippen molar-refractivity contribution in [1.29, 1.82) is 0 Å². The van der Waals surface area contributed by atoms with Gasteiger partial charge < -0.3 is 9.84 Å². The smallest absolute Gasteiger partial charge is 0.312 e. The van der Waals surface area contributed by atoms with Crippen molar-refractivity contribution in [1.82, 2.24) is 9.21 Å². The molecule has 0 aromatic heterocycles. The molecule has 0 amide bonds. The number of hydrogen-bond donors (Lipinski definition) is 1. The van der Waals surface area contributed by atoms with Crippen molar-refractivity contribution in [3.63, 3.8) is 0 Å². The Balaban J connectivity index is 1.71. The van der Waals surface area contributed by atoms with E-state index in [1.807, 2.05) is 31.2 Å². The van der Waals surface area contributed by atoms with Gasteiger partial charge in [0.1, 0.15) is 5.75 Å². The number of ether oxygens (including phenoxy) is 1. The fourth-order valence-corrected chi connectivity index (χ4v) is 5.26. The predicted octanol–water partition coefficient (Wildman–Crippen LogP) is 1.25. The lowest BCUT2D eigenvalue weighted by Gasteiger charge is -2.25. The van der Waals surface area contributed by atoms with Crippen molar-refractivity contribution in [2.24, 2.45) is 11.3 Å². The Morgan fingerprint density at radius 3 is 2.46 bits per heavy atom. The maximum atomic E-state index is 12.2. The second-order valence-electron chi connectivity index (χ2n) is 7.10. The maximum Gasteiger partial charge on any atom is 0.312 e. The molecule has 1 aromatic carbocycles. The summed E-state index contributed by atoms with van der Waals surface area (Å²) in [6, 6.07) is 7.80. The summed E-state index contributed by atoms with van der Waals surface area (Å²) in [6.45, 7) is 6.12. The molecule has 2 aliphatic heterocycles. The molecule has 0 saturated carbocycles. The monoisotopic (exact) mass is 382 g/mol. The van der Waals surface area contributed by atoms with E-state index in [9.17, 15) is 18.3 Å². The van der Waals surface area contributed by atoms with Gasteiger partial charge in [0.05, 0.1) is 17.8 Å². The SMILES string of the molecule is CCOc1ccc(CN2CC3CN(S(=O)(=O)CC)C[C@@]3(C(=O)O)C2)cc1. The third kappa shape index (κ3) is 3.45.